The number of amides is 2. The highest BCUT2D eigenvalue weighted by atomic mass is 19.1. The van der Waals surface area contributed by atoms with Gasteiger partial charge in [0.25, 0.3) is 0 Å². The Kier molecular flexibility index (Phi) is 4.38. The van der Waals surface area contributed by atoms with Gasteiger partial charge in [0.05, 0.1) is 12.5 Å². The highest BCUT2D eigenvalue weighted by molar-refractivity contribution is 5.89. The van der Waals surface area contributed by atoms with E-state index in [0.29, 0.717) is 19.6 Å². The Morgan fingerprint density at radius 2 is 2.23 bits per heavy atom. The van der Waals surface area contributed by atoms with Crippen LogP contribution in [0.4, 0.5) is 4.39 Å². The summed E-state index contributed by atoms with van der Waals surface area (Å²) in [6, 6.07) is 6.15. The van der Waals surface area contributed by atoms with Crippen molar-refractivity contribution in [3.63, 3.8) is 0 Å². The summed E-state index contributed by atoms with van der Waals surface area (Å²) in [4.78, 5) is 26.0. The van der Waals surface area contributed by atoms with Crippen LogP contribution in [-0.4, -0.2) is 41.9 Å². The SMILES string of the molecule is O=C(C[C@H]1C(=O)NCCN1Cc1cccc(F)c1)NC1CC1. The van der Waals surface area contributed by atoms with Gasteiger partial charge in [-0.05, 0) is 30.5 Å². The van der Waals surface area contributed by atoms with Crippen molar-refractivity contribution in [1.29, 1.82) is 0 Å². The Labute approximate surface area is 128 Å². The normalized spacial score (nSPS) is 22.2. The molecule has 1 aromatic rings. The highest BCUT2D eigenvalue weighted by Crippen LogP contribution is 2.20. The van der Waals surface area contributed by atoms with E-state index in [1.807, 2.05) is 11.0 Å². The molecule has 0 bridgehead atoms. The lowest BCUT2D eigenvalue weighted by atomic mass is 10.1. The van der Waals surface area contributed by atoms with Crippen LogP contribution in [-0.2, 0) is 16.1 Å². The van der Waals surface area contributed by atoms with Gasteiger partial charge in [0, 0.05) is 25.7 Å². The van der Waals surface area contributed by atoms with Gasteiger partial charge in [-0.3, -0.25) is 14.5 Å². The minimum atomic E-state index is -0.490. The van der Waals surface area contributed by atoms with Crippen molar-refractivity contribution in [1.82, 2.24) is 15.5 Å². The van der Waals surface area contributed by atoms with Gasteiger partial charge in [0.1, 0.15) is 5.82 Å². The first-order valence-corrected chi connectivity index (χ1v) is 7.67. The molecule has 6 heteroatoms. The average molecular weight is 305 g/mol. The number of rotatable bonds is 5. The summed E-state index contributed by atoms with van der Waals surface area (Å²) in [6.07, 6.45) is 2.20. The van der Waals surface area contributed by atoms with Gasteiger partial charge in [-0.15, -0.1) is 0 Å². The van der Waals surface area contributed by atoms with Crippen LogP contribution in [0.15, 0.2) is 24.3 Å². The molecule has 1 saturated heterocycles. The number of halogens is 1. The maximum atomic E-state index is 13.3. The van der Waals surface area contributed by atoms with Crippen molar-refractivity contribution < 1.29 is 14.0 Å². The van der Waals surface area contributed by atoms with E-state index < -0.39 is 6.04 Å². The molecule has 5 nitrogen and oxygen atoms in total. The van der Waals surface area contributed by atoms with Gasteiger partial charge in [0.15, 0.2) is 0 Å². The minimum absolute atomic E-state index is 0.0891. The molecule has 1 aliphatic carbocycles. The lowest BCUT2D eigenvalue weighted by Crippen LogP contribution is -2.56. The van der Waals surface area contributed by atoms with E-state index in [4.69, 9.17) is 0 Å². The number of carbonyl (C=O) groups is 2. The summed E-state index contributed by atoms with van der Waals surface area (Å²) in [5.41, 5.74) is 0.808. The molecule has 2 N–H and O–H groups in total. The maximum Gasteiger partial charge on any atom is 0.237 e. The van der Waals surface area contributed by atoms with Crippen molar-refractivity contribution in [2.75, 3.05) is 13.1 Å². The second-order valence-electron chi connectivity index (χ2n) is 5.95. The van der Waals surface area contributed by atoms with Gasteiger partial charge in [-0.25, -0.2) is 4.39 Å². The van der Waals surface area contributed by atoms with Gasteiger partial charge in [-0.2, -0.15) is 0 Å². The number of piperazine rings is 1. The second-order valence-corrected chi connectivity index (χ2v) is 5.95. The lowest BCUT2D eigenvalue weighted by Gasteiger charge is -2.34. The first-order valence-electron chi connectivity index (χ1n) is 7.67. The fraction of sp³-hybridized carbons (Fsp3) is 0.500. The van der Waals surface area contributed by atoms with Crippen LogP contribution in [0.25, 0.3) is 0 Å². The van der Waals surface area contributed by atoms with Gasteiger partial charge >= 0.3 is 0 Å². The molecule has 1 saturated carbocycles. The topological polar surface area (TPSA) is 61.4 Å². The Morgan fingerprint density at radius 1 is 1.41 bits per heavy atom. The van der Waals surface area contributed by atoms with Gasteiger partial charge in [-0.1, -0.05) is 12.1 Å². The Morgan fingerprint density at radius 3 is 2.95 bits per heavy atom. The van der Waals surface area contributed by atoms with Crippen LogP contribution < -0.4 is 10.6 Å². The molecule has 2 fully saturated rings. The maximum absolute atomic E-state index is 13.3. The smallest absolute Gasteiger partial charge is 0.237 e. The number of hydrogen-bond donors (Lipinski definition) is 2. The molecule has 3 rings (SSSR count). The third-order valence-corrected chi connectivity index (χ3v) is 4.04. The molecule has 22 heavy (non-hydrogen) atoms. The molecule has 2 aliphatic rings. The predicted molar refractivity (Wildman–Crippen MR) is 79.4 cm³/mol. The molecule has 1 heterocycles. The van der Waals surface area contributed by atoms with Crippen molar-refractivity contribution in [3.8, 4) is 0 Å². The van der Waals surface area contributed by atoms with E-state index in [2.05, 4.69) is 10.6 Å². The van der Waals surface area contributed by atoms with Crippen molar-refractivity contribution in [3.05, 3.63) is 35.6 Å². The number of nitrogens with one attached hydrogen (secondary N) is 2. The van der Waals surface area contributed by atoms with Crippen LogP contribution in [0.1, 0.15) is 24.8 Å². The number of carbonyl (C=O) groups excluding carboxylic acids is 2. The highest BCUT2D eigenvalue weighted by Gasteiger charge is 2.33. The summed E-state index contributed by atoms with van der Waals surface area (Å²) in [7, 11) is 0. The van der Waals surface area contributed by atoms with Crippen LogP contribution >= 0.6 is 0 Å². The zero-order valence-corrected chi connectivity index (χ0v) is 12.3. The molecule has 1 atom stereocenters. The fourth-order valence-electron chi connectivity index (χ4n) is 2.73. The first-order chi connectivity index (χ1) is 10.6. The molecule has 0 radical (unpaired) electrons. The lowest BCUT2D eigenvalue weighted by molar-refractivity contribution is -0.134. The number of hydrogen-bond acceptors (Lipinski definition) is 3. The molecular formula is C16H20FN3O2. The minimum Gasteiger partial charge on any atom is -0.353 e. The zero-order chi connectivity index (χ0) is 15.5. The van der Waals surface area contributed by atoms with E-state index in [0.717, 1.165) is 18.4 Å². The molecule has 0 unspecified atom stereocenters. The van der Waals surface area contributed by atoms with Crippen LogP contribution in [0, 0.1) is 5.82 Å². The summed E-state index contributed by atoms with van der Waals surface area (Å²) >= 11 is 0. The van der Waals surface area contributed by atoms with E-state index in [-0.39, 0.29) is 30.1 Å². The Hall–Kier alpha value is -1.95. The number of benzene rings is 1. The number of nitrogens with zero attached hydrogens (tertiary/aromatic N) is 1. The van der Waals surface area contributed by atoms with Crippen LogP contribution in [0.2, 0.25) is 0 Å². The summed E-state index contributed by atoms with van der Waals surface area (Å²) < 4.78 is 13.3. The molecule has 1 aliphatic heterocycles. The van der Waals surface area contributed by atoms with Crippen molar-refractivity contribution in [2.45, 2.75) is 37.9 Å². The van der Waals surface area contributed by atoms with E-state index in [1.54, 1.807) is 6.07 Å². The molecule has 118 valence electrons. The van der Waals surface area contributed by atoms with Crippen molar-refractivity contribution >= 4 is 11.8 Å². The quantitative estimate of drug-likeness (QED) is 0.846. The molecule has 0 aromatic heterocycles. The predicted octanol–water partition coefficient (Wildman–Crippen LogP) is 0.795. The third kappa shape index (κ3) is 3.82. The van der Waals surface area contributed by atoms with Crippen LogP contribution in [0.3, 0.4) is 0 Å². The Bertz CT molecular complexity index is 574. The summed E-state index contributed by atoms with van der Waals surface area (Å²) in [5.74, 6) is -0.510. The average Bonchev–Trinajstić information content (AvgIpc) is 3.26. The summed E-state index contributed by atoms with van der Waals surface area (Å²) in [6.45, 7) is 1.67. The van der Waals surface area contributed by atoms with Crippen molar-refractivity contribution in [2.24, 2.45) is 0 Å². The molecule has 1 aromatic carbocycles. The van der Waals surface area contributed by atoms with Crippen LogP contribution in [0.5, 0.6) is 0 Å². The van der Waals surface area contributed by atoms with Gasteiger partial charge in [0.2, 0.25) is 11.8 Å². The van der Waals surface area contributed by atoms with E-state index in [9.17, 15) is 14.0 Å². The van der Waals surface area contributed by atoms with Gasteiger partial charge < -0.3 is 10.6 Å². The zero-order valence-electron chi connectivity index (χ0n) is 12.3. The molecule has 0 spiro atoms. The monoisotopic (exact) mass is 305 g/mol. The first kappa shape index (κ1) is 15.0. The molecular weight excluding hydrogens is 285 g/mol. The fourth-order valence-corrected chi connectivity index (χ4v) is 2.73. The second kappa shape index (κ2) is 6.44. The summed E-state index contributed by atoms with van der Waals surface area (Å²) in [5, 5.41) is 5.71. The largest absolute Gasteiger partial charge is 0.353 e. The molecule has 2 amide bonds. The third-order valence-electron chi connectivity index (χ3n) is 4.04. The van der Waals surface area contributed by atoms with E-state index >= 15 is 0 Å². The Balaban J connectivity index is 1.66. The standard InChI is InChI=1S/C16H20FN3O2/c17-12-3-1-2-11(8-12)10-20-7-6-18-16(22)14(20)9-15(21)19-13-4-5-13/h1-3,8,13-14H,4-7,9-10H2,(H,18,22)(H,19,21)/t14-/m0/s1. The van der Waals surface area contributed by atoms with E-state index in [1.165, 1.54) is 12.1 Å².